The zero-order valence-corrected chi connectivity index (χ0v) is 15.9. The quantitative estimate of drug-likeness (QED) is 0.737. The molecule has 0 radical (unpaired) electrons. The molecule has 0 amide bonds. The van der Waals surface area contributed by atoms with E-state index in [2.05, 4.69) is 4.90 Å². The maximum atomic E-state index is 13.1. The SMILES string of the molecule is O=S(=O)(c1ccc(Cl)s1)N(CCN1CCOCC1)C1CCOCC1. The van der Waals surface area contributed by atoms with Crippen molar-refractivity contribution in [2.24, 2.45) is 0 Å². The van der Waals surface area contributed by atoms with E-state index in [1.54, 1.807) is 16.4 Å². The van der Waals surface area contributed by atoms with Crippen LogP contribution in [0.25, 0.3) is 0 Å². The van der Waals surface area contributed by atoms with Crippen molar-refractivity contribution in [3.8, 4) is 0 Å². The van der Waals surface area contributed by atoms with Crippen molar-refractivity contribution >= 4 is 33.0 Å². The summed E-state index contributed by atoms with van der Waals surface area (Å²) in [7, 11) is -3.53. The summed E-state index contributed by atoms with van der Waals surface area (Å²) in [6.07, 6.45) is 1.48. The Kier molecular flexibility index (Phi) is 6.53. The van der Waals surface area contributed by atoms with Gasteiger partial charge in [-0.2, -0.15) is 4.31 Å². The zero-order chi connectivity index (χ0) is 17.0. The Bertz CT molecular complexity index is 625. The summed E-state index contributed by atoms with van der Waals surface area (Å²) in [6, 6.07) is 3.23. The highest BCUT2D eigenvalue weighted by atomic mass is 35.5. The van der Waals surface area contributed by atoms with Crippen LogP contribution in [-0.4, -0.2) is 76.3 Å². The smallest absolute Gasteiger partial charge is 0.252 e. The number of ether oxygens (including phenoxy) is 2. The molecule has 2 fully saturated rings. The Labute approximate surface area is 152 Å². The minimum atomic E-state index is -3.53. The van der Waals surface area contributed by atoms with Crippen molar-refractivity contribution in [2.75, 3.05) is 52.6 Å². The minimum absolute atomic E-state index is 0.00864. The van der Waals surface area contributed by atoms with Gasteiger partial charge in [0.15, 0.2) is 0 Å². The Morgan fingerprint density at radius 1 is 1.17 bits per heavy atom. The first kappa shape index (κ1) is 18.6. The van der Waals surface area contributed by atoms with E-state index in [1.807, 2.05) is 0 Å². The van der Waals surface area contributed by atoms with Crippen molar-refractivity contribution in [3.05, 3.63) is 16.5 Å². The highest BCUT2D eigenvalue weighted by molar-refractivity contribution is 7.91. The molecule has 2 aliphatic heterocycles. The molecule has 3 heterocycles. The molecule has 0 N–H and O–H groups in total. The van der Waals surface area contributed by atoms with E-state index in [0.29, 0.717) is 41.5 Å². The number of thiophene rings is 1. The van der Waals surface area contributed by atoms with E-state index >= 15 is 0 Å². The van der Waals surface area contributed by atoms with E-state index in [0.717, 1.165) is 43.8 Å². The van der Waals surface area contributed by atoms with E-state index in [1.165, 1.54) is 0 Å². The monoisotopic (exact) mass is 394 g/mol. The van der Waals surface area contributed by atoms with Crippen LogP contribution in [0, 0.1) is 0 Å². The third kappa shape index (κ3) is 4.49. The van der Waals surface area contributed by atoms with Gasteiger partial charge in [0.25, 0.3) is 10.0 Å². The summed E-state index contributed by atoms with van der Waals surface area (Å²) in [5, 5.41) is 0. The maximum Gasteiger partial charge on any atom is 0.252 e. The lowest BCUT2D eigenvalue weighted by atomic mass is 10.1. The van der Waals surface area contributed by atoms with Crippen LogP contribution >= 0.6 is 22.9 Å². The molecule has 0 unspecified atom stereocenters. The largest absolute Gasteiger partial charge is 0.381 e. The third-order valence-electron chi connectivity index (χ3n) is 4.45. The lowest BCUT2D eigenvalue weighted by molar-refractivity contribution is 0.0292. The first-order valence-electron chi connectivity index (χ1n) is 8.22. The lowest BCUT2D eigenvalue weighted by Gasteiger charge is -2.35. The highest BCUT2D eigenvalue weighted by Crippen LogP contribution is 2.30. The Balaban J connectivity index is 1.75. The zero-order valence-electron chi connectivity index (χ0n) is 13.5. The fraction of sp³-hybridized carbons (Fsp3) is 0.733. The first-order chi connectivity index (χ1) is 11.6. The topological polar surface area (TPSA) is 59.1 Å². The predicted octanol–water partition coefficient (Wildman–Crippen LogP) is 1.90. The summed E-state index contributed by atoms with van der Waals surface area (Å²) in [5.74, 6) is 0. The molecule has 0 atom stereocenters. The third-order valence-corrected chi connectivity index (χ3v) is 8.10. The second kappa shape index (κ2) is 8.44. The molecule has 0 aromatic carbocycles. The van der Waals surface area contributed by atoms with Crippen molar-refractivity contribution in [3.63, 3.8) is 0 Å². The number of hydrogen-bond donors (Lipinski definition) is 0. The van der Waals surface area contributed by atoms with Crippen LogP contribution in [0.2, 0.25) is 4.34 Å². The van der Waals surface area contributed by atoms with E-state index in [9.17, 15) is 8.42 Å². The number of halogens is 1. The number of nitrogens with zero attached hydrogens (tertiary/aromatic N) is 2. The maximum absolute atomic E-state index is 13.1. The van der Waals surface area contributed by atoms with Crippen molar-refractivity contribution < 1.29 is 17.9 Å². The molecule has 24 heavy (non-hydrogen) atoms. The van der Waals surface area contributed by atoms with Crippen LogP contribution in [0.1, 0.15) is 12.8 Å². The Morgan fingerprint density at radius 2 is 1.83 bits per heavy atom. The van der Waals surface area contributed by atoms with Gasteiger partial charge in [0.1, 0.15) is 4.21 Å². The van der Waals surface area contributed by atoms with Gasteiger partial charge < -0.3 is 9.47 Å². The van der Waals surface area contributed by atoms with Gasteiger partial charge in [-0.25, -0.2) is 8.42 Å². The van der Waals surface area contributed by atoms with Gasteiger partial charge in [-0.05, 0) is 25.0 Å². The van der Waals surface area contributed by atoms with Crippen molar-refractivity contribution in [2.45, 2.75) is 23.1 Å². The second-order valence-electron chi connectivity index (χ2n) is 5.97. The minimum Gasteiger partial charge on any atom is -0.381 e. The molecule has 0 aliphatic carbocycles. The van der Waals surface area contributed by atoms with Gasteiger partial charge >= 0.3 is 0 Å². The Hall–Kier alpha value is -0.220. The van der Waals surface area contributed by atoms with Gasteiger partial charge in [0.2, 0.25) is 0 Å². The van der Waals surface area contributed by atoms with Crippen LogP contribution in [0.4, 0.5) is 0 Å². The predicted molar refractivity (Wildman–Crippen MR) is 94.3 cm³/mol. The van der Waals surface area contributed by atoms with Crippen LogP contribution < -0.4 is 0 Å². The highest BCUT2D eigenvalue weighted by Gasteiger charge is 2.33. The molecule has 0 spiro atoms. The molecule has 3 rings (SSSR count). The van der Waals surface area contributed by atoms with Crippen LogP contribution in [0.15, 0.2) is 16.3 Å². The molecule has 2 saturated heterocycles. The summed E-state index contributed by atoms with van der Waals surface area (Å²) in [5.41, 5.74) is 0. The van der Waals surface area contributed by atoms with Gasteiger partial charge in [-0.15, -0.1) is 11.3 Å². The fourth-order valence-corrected chi connectivity index (χ4v) is 6.38. The van der Waals surface area contributed by atoms with Crippen LogP contribution in [0.3, 0.4) is 0 Å². The van der Waals surface area contributed by atoms with Crippen molar-refractivity contribution in [1.82, 2.24) is 9.21 Å². The molecule has 1 aromatic heterocycles. The molecule has 9 heteroatoms. The summed E-state index contributed by atoms with van der Waals surface area (Å²) < 4.78 is 39.5. The molecule has 0 bridgehead atoms. The van der Waals surface area contributed by atoms with Crippen molar-refractivity contribution in [1.29, 1.82) is 0 Å². The summed E-state index contributed by atoms with van der Waals surface area (Å²) >= 11 is 7.07. The number of rotatable bonds is 6. The van der Waals surface area contributed by atoms with Gasteiger partial charge in [-0.3, -0.25) is 4.90 Å². The lowest BCUT2D eigenvalue weighted by Crippen LogP contribution is -2.48. The molecular weight excluding hydrogens is 372 g/mol. The normalized spacial score (nSPS) is 21.4. The average Bonchev–Trinajstić information content (AvgIpc) is 3.04. The molecule has 2 aliphatic rings. The fourth-order valence-electron chi connectivity index (χ4n) is 3.09. The Morgan fingerprint density at radius 3 is 2.46 bits per heavy atom. The van der Waals surface area contributed by atoms with Crippen LogP contribution in [-0.2, 0) is 19.5 Å². The number of hydrogen-bond acceptors (Lipinski definition) is 6. The molecule has 6 nitrogen and oxygen atoms in total. The molecule has 0 saturated carbocycles. The summed E-state index contributed by atoms with van der Waals surface area (Å²) in [4.78, 5) is 2.26. The number of sulfonamides is 1. The average molecular weight is 395 g/mol. The number of morpholine rings is 1. The van der Waals surface area contributed by atoms with E-state index < -0.39 is 10.0 Å². The van der Waals surface area contributed by atoms with E-state index in [4.69, 9.17) is 21.1 Å². The second-order valence-corrected chi connectivity index (χ2v) is 9.80. The first-order valence-corrected chi connectivity index (χ1v) is 10.9. The molecule has 136 valence electrons. The molecule has 1 aromatic rings. The standard InChI is InChI=1S/C15H23ClN2O4S2/c16-14-1-2-15(23-14)24(19,20)18(13-3-9-21-10-4-13)6-5-17-7-11-22-12-8-17/h1-2,13H,3-12H2. The van der Waals surface area contributed by atoms with E-state index in [-0.39, 0.29) is 6.04 Å². The molecular formula is C15H23ClN2O4S2. The van der Waals surface area contributed by atoms with Gasteiger partial charge in [-0.1, -0.05) is 11.6 Å². The van der Waals surface area contributed by atoms with Gasteiger partial charge in [0, 0.05) is 45.4 Å². The van der Waals surface area contributed by atoms with Crippen LogP contribution in [0.5, 0.6) is 0 Å². The van der Waals surface area contributed by atoms with Gasteiger partial charge in [0.05, 0.1) is 17.6 Å². The summed E-state index contributed by atoms with van der Waals surface area (Å²) in [6.45, 7) is 5.56.